The Morgan fingerprint density at radius 2 is 1.55 bits per heavy atom. The molecular weight excluding hydrogens is 298 g/mol. The van der Waals surface area contributed by atoms with E-state index in [9.17, 15) is 4.79 Å². The summed E-state index contributed by atoms with van der Waals surface area (Å²) >= 11 is 0. The molecule has 0 fully saturated rings. The van der Waals surface area contributed by atoms with Crippen LogP contribution in [0.2, 0.25) is 0 Å². The summed E-state index contributed by atoms with van der Waals surface area (Å²) in [6.07, 6.45) is 0. The average molecular weight is 318 g/mol. The maximum atomic E-state index is 12.3. The predicted molar refractivity (Wildman–Crippen MR) is 92.6 cm³/mol. The first kappa shape index (κ1) is 21.8. The Morgan fingerprint density at radius 1 is 1.00 bits per heavy atom. The Morgan fingerprint density at radius 3 is 2.09 bits per heavy atom. The molecule has 108 valence electrons. The minimum atomic E-state index is -0.514. The molecule has 0 saturated heterocycles. The van der Waals surface area contributed by atoms with E-state index in [-0.39, 0.29) is 65.1 Å². The van der Waals surface area contributed by atoms with Crippen LogP contribution >= 0.6 is 0 Å². The van der Waals surface area contributed by atoms with Crippen molar-refractivity contribution in [2.24, 2.45) is 5.73 Å². The molecule has 2 aromatic carbocycles. The molecule has 2 aromatic rings. The van der Waals surface area contributed by atoms with Crippen LogP contribution in [0.1, 0.15) is 11.6 Å². The third kappa shape index (κ3) is 6.94. The van der Waals surface area contributed by atoms with Crippen molar-refractivity contribution in [3.05, 3.63) is 66.2 Å². The molecule has 1 unspecified atom stereocenters. The molecule has 22 heavy (non-hydrogen) atoms. The zero-order valence-corrected chi connectivity index (χ0v) is 11.2. The molecule has 0 aliphatic rings. The van der Waals surface area contributed by atoms with E-state index in [0.29, 0.717) is 18.8 Å². The van der Waals surface area contributed by atoms with Gasteiger partial charge in [0.2, 0.25) is 0 Å². The second kappa shape index (κ2) is 12.3. The summed E-state index contributed by atoms with van der Waals surface area (Å²) in [7, 11) is 0. The van der Waals surface area contributed by atoms with Crippen molar-refractivity contribution in [2.45, 2.75) is 6.04 Å². The SMILES string of the molecule is NCCNC(C(=O)Oc1ccccc1)c1ccccc1.[NaH].[NaH]. The monoisotopic (exact) mass is 318 g/mol. The van der Waals surface area contributed by atoms with Crippen molar-refractivity contribution in [1.82, 2.24) is 5.32 Å². The number of hydrogen-bond donors (Lipinski definition) is 2. The van der Waals surface area contributed by atoms with Gasteiger partial charge < -0.3 is 10.5 Å². The van der Waals surface area contributed by atoms with Crippen LogP contribution in [0, 0.1) is 0 Å². The first-order valence-corrected chi connectivity index (χ1v) is 6.56. The molecule has 0 saturated carbocycles. The van der Waals surface area contributed by atoms with Crippen LogP contribution < -0.4 is 15.8 Å². The quantitative estimate of drug-likeness (QED) is 0.465. The summed E-state index contributed by atoms with van der Waals surface area (Å²) in [5.41, 5.74) is 6.36. The Kier molecular flexibility index (Phi) is 12.2. The summed E-state index contributed by atoms with van der Waals surface area (Å²) in [6.45, 7) is 1.01. The Labute approximate surface area is 175 Å². The van der Waals surface area contributed by atoms with Gasteiger partial charge in [0.25, 0.3) is 0 Å². The normalized spacial score (nSPS) is 10.8. The molecule has 1 atom stereocenters. The molecule has 0 aromatic heterocycles. The summed E-state index contributed by atoms with van der Waals surface area (Å²) < 4.78 is 5.39. The van der Waals surface area contributed by atoms with Crippen molar-refractivity contribution < 1.29 is 9.53 Å². The Hall–Kier alpha value is -0.170. The fourth-order valence-electron chi connectivity index (χ4n) is 1.87. The van der Waals surface area contributed by atoms with Crippen molar-refractivity contribution in [3.63, 3.8) is 0 Å². The topological polar surface area (TPSA) is 64.3 Å². The van der Waals surface area contributed by atoms with Gasteiger partial charge in [0.05, 0.1) is 0 Å². The predicted octanol–water partition coefficient (Wildman–Crippen LogP) is 0.585. The number of carbonyl (C=O) groups excluding carboxylic acids is 1. The van der Waals surface area contributed by atoms with Crippen molar-refractivity contribution in [1.29, 1.82) is 0 Å². The van der Waals surface area contributed by atoms with E-state index in [4.69, 9.17) is 10.5 Å². The fourth-order valence-corrected chi connectivity index (χ4v) is 1.87. The third-order valence-electron chi connectivity index (χ3n) is 2.82. The molecule has 0 aliphatic carbocycles. The first-order valence-electron chi connectivity index (χ1n) is 6.56. The van der Waals surface area contributed by atoms with Gasteiger partial charge in [-0.1, -0.05) is 48.5 Å². The molecule has 4 nitrogen and oxygen atoms in total. The Balaban J connectivity index is 0.00000220. The van der Waals surface area contributed by atoms with Crippen LogP contribution in [-0.2, 0) is 4.79 Å². The van der Waals surface area contributed by atoms with E-state index in [1.54, 1.807) is 12.1 Å². The molecule has 0 radical (unpaired) electrons. The fraction of sp³-hybridized carbons (Fsp3) is 0.188. The molecule has 3 N–H and O–H groups in total. The van der Waals surface area contributed by atoms with Gasteiger partial charge in [-0.05, 0) is 17.7 Å². The second-order valence-electron chi connectivity index (χ2n) is 4.32. The third-order valence-corrected chi connectivity index (χ3v) is 2.82. The van der Waals surface area contributed by atoms with Crippen LogP contribution in [0.25, 0.3) is 0 Å². The van der Waals surface area contributed by atoms with E-state index >= 15 is 0 Å². The van der Waals surface area contributed by atoms with Gasteiger partial charge in [-0.2, -0.15) is 0 Å². The number of benzene rings is 2. The number of hydrogen-bond acceptors (Lipinski definition) is 4. The average Bonchev–Trinajstić information content (AvgIpc) is 2.50. The molecule has 0 spiro atoms. The number of carbonyl (C=O) groups is 1. The molecule has 6 heteroatoms. The molecular formula is C16H20N2Na2O2. The van der Waals surface area contributed by atoms with Crippen molar-refractivity contribution in [2.75, 3.05) is 13.1 Å². The van der Waals surface area contributed by atoms with Gasteiger partial charge in [-0.15, -0.1) is 0 Å². The van der Waals surface area contributed by atoms with Gasteiger partial charge in [-0.3, -0.25) is 5.32 Å². The minimum absolute atomic E-state index is 0. The van der Waals surface area contributed by atoms with Gasteiger partial charge >= 0.3 is 65.1 Å². The van der Waals surface area contributed by atoms with Gasteiger partial charge in [-0.25, -0.2) is 4.79 Å². The van der Waals surface area contributed by atoms with Crippen LogP contribution in [0.15, 0.2) is 60.7 Å². The van der Waals surface area contributed by atoms with Crippen LogP contribution in [0.3, 0.4) is 0 Å². The van der Waals surface area contributed by atoms with Gasteiger partial charge in [0.15, 0.2) is 0 Å². The van der Waals surface area contributed by atoms with E-state index in [2.05, 4.69) is 5.32 Å². The zero-order chi connectivity index (χ0) is 14.2. The summed E-state index contributed by atoms with van der Waals surface area (Å²) in [5.74, 6) is 0.198. The first-order chi connectivity index (χ1) is 9.81. The van der Waals surface area contributed by atoms with E-state index in [0.717, 1.165) is 5.56 Å². The molecule has 2 rings (SSSR count). The van der Waals surface area contributed by atoms with E-state index in [1.165, 1.54) is 0 Å². The number of nitrogens with two attached hydrogens (primary N) is 1. The molecule has 0 aliphatic heterocycles. The van der Waals surface area contributed by atoms with Crippen molar-refractivity contribution >= 4 is 65.1 Å². The van der Waals surface area contributed by atoms with Gasteiger partial charge in [0.1, 0.15) is 11.8 Å². The van der Waals surface area contributed by atoms with E-state index < -0.39 is 6.04 Å². The summed E-state index contributed by atoms with van der Waals surface area (Å²) in [5, 5.41) is 3.11. The van der Waals surface area contributed by atoms with Crippen molar-refractivity contribution in [3.8, 4) is 5.75 Å². The molecule has 0 amide bonds. The number of para-hydroxylation sites is 1. The molecule has 0 bridgehead atoms. The van der Waals surface area contributed by atoms with Crippen LogP contribution in [0.4, 0.5) is 0 Å². The summed E-state index contributed by atoms with van der Waals surface area (Å²) in [4.78, 5) is 12.3. The number of rotatable bonds is 6. The van der Waals surface area contributed by atoms with Crippen LogP contribution in [0.5, 0.6) is 5.75 Å². The number of ether oxygens (including phenoxy) is 1. The number of esters is 1. The van der Waals surface area contributed by atoms with E-state index in [1.807, 2.05) is 48.5 Å². The number of nitrogens with one attached hydrogen (secondary N) is 1. The standard InChI is InChI=1S/C16H18N2O2.2Na.2H/c17-11-12-18-15(13-7-3-1-4-8-13)16(19)20-14-9-5-2-6-10-14;;;;/h1-10,15,18H,11-12,17H2;;;;. The second-order valence-corrected chi connectivity index (χ2v) is 4.32. The molecule has 0 heterocycles. The van der Waals surface area contributed by atoms with Gasteiger partial charge in [0, 0.05) is 13.1 Å². The van der Waals surface area contributed by atoms with Crippen LogP contribution in [-0.4, -0.2) is 78.2 Å². The summed E-state index contributed by atoms with van der Waals surface area (Å²) in [6, 6.07) is 18.0. The zero-order valence-electron chi connectivity index (χ0n) is 11.2. The Bertz CT molecular complexity index is 538. The maximum absolute atomic E-state index is 12.3.